The lowest BCUT2D eigenvalue weighted by atomic mass is 9.54. The highest BCUT2D eigenvalue weighted by molar-refractivity contribution is 5.85. The Kier molecular flexibility index (Phi) is 7.95. The number of hydrogen-bond donors (Lipinski definition) is 1. The Morgan fingerprint density at radius 1 is 0.967 bits per heavy atom. The van der Waals surface area contributed by atoms with Gasteiger partial charge in [-0.3, -0.25) is 4.90 Å². The van der Waals surface area contributed by atoms with Crippen molar-refractivity contribution in [2.24, 2.45) is 17.8 Å². The van der Waals surface area contributed by atoms with Gasteiger partial charge in [0.25, 0.3) is 0 Å². The van der Waals surface area contributed by atoms with Gasteiger partial charge in [-0.2, -0.15) is 0 Å². The minimum absolute atomic E-state index is 0. The van der Waals surface area contributed by atoms with Crippen molar-refractivity contribution in [2.45, 2.75) is 50.2 Å². The molecule has 1 atom stereocenters. The van der Waals surface area contributed by atoms with Crippen LogP contribution in [0, 0.1) is 23.6 Å². The van der Waals surface area contributed by atoms with Crippen LogP contribution in [-0.4, -0.2) is 61.0 Å². The molecule has 1 aliphatic heterocycles. The first kappa shape index (κ1) is 24.1. The third-order valence-corrected chi connectivity index (χ3v) is 7.60. The number of aliphatic hydroxyl groups is 1. The van der Waals surface area contributed by atoms with Crippen LogP contribution in [0.2, 0.25) is 0 Å². The molecule has 4 aliphatic carbocycles. The Balaban J connectivity index is 0.00000128. The van der Waals surface area contributed by atoms with Crippen molar-refractivity contribution >= 4 is 30.5 Å². The topological polar surface area (TPSA) is 35.9 Å². The van der Waals surface area contributed by atoms with Crippen molar-refractivity contribution in [3.8, 4) is 0 Å². The first-order valence-electron chi connectivity index (χ1n) is 11.1. The molecule has 1 saturated heterocycles. The maximum Gasteiger partial charge on any atom is 0.146 e. The molecule has 0 aromatic heterocycles. The van der Waals surface area contributed by atoms with E-state index in [0.717, 1.165) is 43.9 Å². The third kappa shape index (κ3) is 5.07. The van der Waals surface area contributed by atoms with Crippen LogP contribution < -0.4 is 4.90 Å². The van der Waals surface area contributed by atoms with E-state index >= 15 is 0 Å². The second-order valence-electron chi connectivity index (χ2n) is 9.80. The highest BCUT2D eigenvalue weighted by Crippen LogP contribution is 2.57. The first-order valence-corrected chi connectivity index (χ1v) is 11.1. The van der Waals surface area contributed by atoms with Crippen LogP contribution in [-0.2, 0) is 4.74 Å². The van der Waals surface area contributed by atoms with Gasteiger partial charge in [-0.1, -0.05) is 12.1 Å². The number of anilines is 1. The fourth-order valence-corrected chi connectivity index (χ4v) is 6.71. The van der Waals surface area contributed by atoms with E-state index in [1.165, 1.54) is 44.6 Å². The molecule has 4 saturated carbocycles. The number of piperazine rings is 1. The summed E-state index contributed by atoms with van der Waals surface area (Å²) in [5.74, 6) is 2.46. The lowest BCUT2D eigenvalue weighted by molar-refractivity contribution is -0.176. The van der Waals surface area contributed by atoms with Crippen LogP contribution in [0.5, 0.6) is 0 Å². The summed E-state index contributed by atoms with van der Waals surface area (Å²) in [6.45, 7) is 4.40. The molecule has 0 amide bonds. The van der Waals surface area contributed by atoms with Crippen molar-refractivity contribution in [1.82, 2.24) is 4.90 Å². The molecule has 170 valence electrons. The second kappa shape index (κ2) is 9.91. The van der Waals surface area contributed by atoms with Gasteiger partial charge in [-0.15, -0.1) is 24.8 Å². The van der Waals surface area contributed by atoms with Crippen molar-refractivity contribution in [3.63, 3.8) is 0 Å². The Hall–Kier alpha value is -0.590. The highest BCUT2D eigenvalue weighted by Gasteiger charge is 2.51. The molecule has 1 heterocycles. The molecule has 0 spiro atoms. The van der Waals surface area contributed by atoms with E-state index < -0.39 is 6.10 Å². The largest absolute Gasteiger partial charge is 0.389 e. The van der Waals surface area contributed by atoms with Crippen LogP contribution in [0.3, 0.4) is 0 Å². The molecule has 5 fully saturated rings. The zero-order chi connectivity index (χ0) is 19.1. The predicted octanol–water partition coefficient (Wildman–Crippen LogP) is 4.14. The fourth-order valence-electron chi connectivity index (χ4n) is 6.71. The Labute approximate surface area is 192 Å². The molecule has 4 nitrogen and oxygen atoms in total. The van der Waals surface area contributed by atoms with Gasteiger partial charge >= 0.3 is 0 Å². The monoisotopic (exact) mass is 460 g/mol. The summed E-state index contributed by atoms with van der Waals surface area (Å²) in [5, 5.41) is 10.6. The summed E-state index contributed by atoms with van der Waals surface area (Å²) in [5.41, 5.74) is 0.757. The number of benzene rings is 1. The number of aliphatic hydroxyl groups excluding tert-OH is 1. The number of hydrogen-bond acceptors (Lipinski definition) is 4. The van der Waals surface area contributed by atoms with Crippen LogP contribution in [0.4, 0.5) is 10.1 Å². The number of β-amino-alcohol motifs (C(OH)–C–C–N with tert-alkyl or cyclic N) is 1. The molecule has 1 unspecified atom stereocenters. The van der Waals surface area contributed by atoms with Gasteiger partial charge in [0.15, 0.2) is 0 Å². The first-order chi connectivity index (χ1) is 13.6. The van der Waals surface area contributed by atoms with Gasteiger partial charge in [-0.05, 0) is 68.4 Å². The van der Waals surface area contributed by atoms with Crippen molar-refractivity contribution in [1.29, 1.82) is 0 Å². The Morgan fingerprint density at radius 3 is 2.10 bits per heavy atom. The van der Waals surface area contributed by atoms with E-state index in [0.29, 0.717) is 18.8 Å². The summed E-state index contributed by atoms with van der Waals surface area (Å²) in [4.78, 5) is 4.38. The zero-order valence-corrected chi connectivity index (χ0v) is 19.2. The molecule has 0 radical (unpaired) electrons. The molecule has 1 aromatic rings. The van der Waals surface area contributed by atoms with E-state index in [2.05, 4.69) is 9.80 Å². The number of para-hydroxylation sites is 1. The maximum atomic E-state index is 14.0. The summed E-state index contributed by atoms with van der Waals surface area (Å²) >= 11 is 0. The van der Waals surface area contributed by atoms with Gasteiger partial charge < -0.3 is 14.7 Å². The average molecular weight is 461 g/mol. The molecule has 1 aromatic carbocycles. The minimum atomic E-state index is -0.437. The summed E-state index contributed by atoms with van der Waals surface area (Å²) in [6, 6.07) is 6.98. The summed E-state index contributed by atoms with van der Waals surface area (Å²) < 4.78 is 20.4. The number of rotatable bonds is 6. The molecule has 30 heavy (non-hydrogen) atoms. The third-order valence-electron chi connectivity index (χ3n) is 7.60. The average Bonchev–Trinajstić information content (AvgIpc) is 2.67. The second-order valence-corrected chi connectivity index (χ2v) is 9.80. The number of ether oxygens (including phenoxy) is 1. The predicted molar refractivity (Wildman–Crippen MR) is 122 cm³/mol. The summed E-state index contributed by atoms with van der Waals surface area (Å²) in [7, 11) is 0. The van der Waals surface area contributed by atoms with E-state index in [1.807, 2.05) is 12.1 Å². The normalized spacial score (nSPS) is 33.7. The number of halogens is 3. The minimum Gasteiger partial charge on any atom is -0.389 e. The highest BCUT2D eigenvalue weighted by atomic mass is 35.5. The smallest absolute Gasteiger partial charge is 0.146 e. The van der Waals surface area contributed by atoms with E-state index in [4.69, 9.17) is 4.74 Å². The lowest BCUT2D eigenvalue weighted by Crippen LogP contribution is -2.53. The SMILES string of the molecule is Cl.Cl.OC(COC12CC3CC(CC(C3)C1)C2)CN1CCN(c2ccccc2F)CC1. The Bertz CT molecular complexity index is 664. The van der Waals surface area contributed by atoms with Crippen molar-refractivity contribution < 1.29 is 14.2 Å². The van der Waals surface area contributed by atoms with Gasteiger partial charge in [0.1, 0.15) is 5.82 Å². The molecular formula is C23H35Cl2FN2O2. The standard InChI is InChI=1S/C23H33FN2O2.2ClH/c24-21-3-1-2-4-22(21)26-7-5-25(6-8-26)15-20(27)16-28-23-12-17-9-18(13-23)11-19(10-17)14-23;;/h1-4,17-20,27H,5-16H2;2*1H. The lowest BCUT2D eigenvalue weighted by Gasteiger charge is -2.56. The maximum absolute atomic E-state index is 14.0. The molecule has 1 N–H and O–H groups in total. The Morgan fingerprint density at radius 2 is 1.53 bits per heavy atom. The van der Waals surface area contributed by atoms with Gasteiger partial charge in [0.2, 0.25) is 0 Å². The molecule has 6 rings (SSSR count). The van der Waals surface area contributed by atoms with E-state index in [1.54, 1.807) is 6.07 Å². The van der Waals surface area contributed by atoms with Crippen LogP contribution >= 0.6 is 24.8 Å². The van der Waals surface area contributed by atoms with Crippen molar-refractivity contribution in [2.75, 3.05) is 44.2 Å². The fraction of sp³-hybridized carbons (Fsp3) is 0.739. The molecule has 7 heteroatoms. The summed E-state index contributed by atoms with van der Waals surface area (Å²) in [6.07, 6.45) is 7.45. The van der Waals surface area contributed by atoms with Crippen molar-refractivity contribution in [3.05, 3.63) is 30.1 Å². The van der Waals surface area contributed by atoms with Crippen LogP contribution in [0.1, 0.15) is 38.5 Å². The van der Waals surface area contributed by atoms with Gasteiger partial charge in [-0.25, -0.2) is 4.39 Å². The number of nitrogens with zero attached hydrogens (tertiary/aromatic N) is 2. The van der Waals surface area contributed by atoms with Crippen LogP contribution in [0.25, 0.3) is 0 Å². The quantitative estimate of drug-likeness (QED) is 0.691. The van der Waals surface area contributed by atoms with E-state index in [9.17, 15) is 9.50 Å². The van der Waals surface area contributed by atoms with Gasteiger partial charge in [0, 0.05) is 32.7 Å². The van der Waals surface area contributed by atoms with Gasteiger partial charge in [0.05, 0.1) is 24.0 Å². The molecule has 4 bridgehead atoms. The molecule has 5 aliphatic rings. The van der Waals surface area contributed by atoms with E-state index in [-0.39, 0.29) is 36.2 Å². The zero-order valence-electron chi connectivity index (χ0n) is 17.5. The van der Waals surface area contributed by atoms with Crippen LogP contribution in [0.15, 0.2) is 24.3 Å². The molecular weight excluding hydrogens is 426 g/mol.